The lowest BCUT2D eigenvalue weighted by Gasteiger charge is -2.15. The summed E-state index contributed by atoms with van der Waals surface area (Å²) in [5.74, 6) is -0.725. The summed E-state index contributed by atoms with van der Waals surface area (Å²) in [4.78, 5) is 27.6. The minimum absolute atomic E-state index is 0.111. The van der Waals surface area contributed by atoms with Gasteiger partial charge in [-0.25, -0.2) is 4.68 Å². The summed E-state index contributed by atoms with van der Waals surface area (Å²) >= 11 is 0. The maximum absolute atomic E-state index is 12.5. The van der Waals surface area contributed by atoms with E-state index in [2.05, 4.69) is 20.3 Å². The number of carbonyl (C=O) groups excluding carboxylic acids is 1. The van der Waals surface area contributed by atoms with E-state index in [0.29, 0.717) is 6.54 Å². The first-order valence-electron chi connectivity index (χ1n) is 7.65. The van der Waals surface area contributed by atoms with Crippen molar-refractivity contribution in [3.05, 3.63) is 51.9 Å². The van der Waals surface area contributed by atoms with Crippen LogP contribution in [0.2, 0.25) is 0 Å². The van der Waals surface area contributed by atoms with E-state index < -0.39 is 10.9 Å². The first-order valence-corrected chi connectivity index (χ1v) is 7.65. The smallest absolute Gasteiger partial charge is 0.390 e. The van der Waals surface area contributed by atoms with Crippen LogP contribution in [0.25, 0.3) is 0 Å². The highest BCUT2D eigenvalue weighted by molar-refractivity contribution is 5.91. The quantitative estimate of drug-likeness (QED) is 0.454. The van der Waals surface area contributed by atoms with Gasteiger partial charge in [-0.15, -0.1) is 0 Å². The van der Waals surface area contributed by atoms with Crippen LogP contribution in [0.5, 0.6) is 0 Å². The highest BCUT2D eigenvalue weighted by Gasteiger charge is 2.18. The number of hydrogen-bond acceptors (Lipinski definition) is 7. The van der Waals surface area contributed by atoms with Gasteiger partial charge in [-0.1, -0.05) is 4.98 Å². The van der Waals surface area contributed by atoms with Gasteiger partial charge >= 0.3 is 5.95 Å². The Morgan fingerprint density at radius 1 is 1.35 bits per heavy atom. The van der Waals surface area contributed by atoms with Crippen LogP contribution < -0.4 is 0 Å². The van der Waals surface area contributed by atoms with E-state index in [9.17, 15) is 14.9 Å². The van der Waals surface area contributed by atoms with Crippen LogP contribution in [-0.4, -0.2) is 57.1 Å². The molecule has 3 heterocycles. The summed E-state index contributed by atoms with van der Waals surface area (Å²) < 4.78 is 4.47. The van der Waals surface area contributed by atoms with Crippen LogP contribution in [0.1, 0.15) is 21.7 Å². The maximum atomic E-state index is 12.5. The van der Waals surface area contributed by atoms with Crippen molar-refractivity contribution >= 4 is 11.9 Å². The van der Waals surface area contributed by atoms with Gasteiger partial charge in [0.2, 0.25) is 6.33 Å². The minimum atomic E-state index is -0.677. The zero-order valence-electron chi connectivity index (χ0n) is 14.5. The molecule has 0 atom stereocenters. The van der Waals surface area contributed by atoms with Crippen LogP contribution in [0.15, 0.2) is 24.8 Å². The van der Waals surface area contributed by atoms with Gasteiger partial charge in [0.05, 0.1) is 6.20 Å². The van der Waals surface area contributed by atoms with E-state index in [1.807, 2.05) is 14.0 Å². The highest BCUT2D eigenvalue weighted by atomic mass is 16.6. The molecule has 3 aromatic rings. The fraction of sp³-hybridized carbons (Fsp3) is 0.357. The third-order valence-corrected chi connectivity index (χ3v) is 3.93. The Bertz CT molecular complexity index is 955. The van der Waals surface area contributed by atoms with E-state index in [4.69, 9.17) is 0 Å². The lowest BCUT2D eigenvalue weighted by molar-refractivity contribution is -0.394. The maximum Gasteiger partial charge on any atom is 0.491 e. The summed E-state index contributed by atoms with van der Waals surface area (Å²) in [5, 5.41) is 22.7. The molecular formula is C14H17N9O3. The van der Waals surface area contributed by atoms with Crippen molar-refractivity contribution in [2.45, 2.75) is 20.1 Å². The van der Waals surface area contributed by atoms with Gasteiger partial charge in [0.15, 0.2) is 6.67 Å². The predicted octanol–water partition coefficient (Wildman–Crippen LogP) is 0.203. The Labute approximate surface area is 147 Å². The Kier molecular flexibility index (Phi) is 4.47. The molecule has 0 unspecified atom stereocenters. The molecule has 3 aromatic heterocycles. The molecule has 0 bridgehead atoms. The molecule has 0 saturated carbocycles. The molecule has 136 valence electrons. The number of hydrogen-bond donors (Lipinski definition) is 0. The van der Waals surface area contributed by atoms with E-state index in [1.165, 1.54) is 15.7 Å². The third kappa shape index (κ3) is 3.43. The van der Waals surface area contributed by atoms with Crippen LogP contribution in [0.4, 0.5) is 5.95 Å². The van der Waals surface area contributed by atoms with Gasteiger partial charge in [0.1, 0.15) is 5.69 Å². The van der Waals surface area contributed by atoms with Crippen molar-refractivity contribution in [2.24, 2.45) is 7.05 Å². The number of nitro groups is 1. The van der Waals surface area contributed by atoms with E-state index in [0.717, 1.165) is 11.3 Å². The second-order valence-corrected chi connectivity index (χ2v) is 5.76. The lowest BCUT2D eigenvalue weighted by Crippen LogP contribution is -2.27. The first kappa shape index (κ1) is 17.3. The predicted molar refractivity (Wildman–Crippen MR) is 88.0 cm³/mol. The number of carbonyl (C=O) groups is 1. The molecule has 0 spiro atoms. The fourth-order valence-corrected chi connectivity index (χ4v) is 2.36. The van der Waals surface area contributed by atoms with Crippen molar-refractivity contribution in [2.75, 3.05) is 7.05 Å². The van der Waals surface area contributed by atoms with E-state index in [-0.39, 0.29) is 18.3 Å². The number of amides is 1. The average Bonchev–Trinajstić information content (AvgIpc) is 3.32. The largest absolute Gasteiger partial charge is 0.491 e. The van der Waals surface area contributed by atoms with Crippen molar-refractivity contribution < 1.29 is 9.72 Å². The van der Waals surface area contributed by atoms with Gasteiger partial charge in [-0.05, 0) is 17.9 Å². The van der Waals surface area contributed by atoms with Crippen molar-refractivity contribution in [1.29, 1.82) is 0 Å². The van der Waals surface area contributed by atoms with Crippen molar-refractivity contribution in [3.8, 4) is 0 Å². The molecule has 0 aliphatic carbocycles. The first-order chi connectivity index (χ1) is 12.3. The molecule has 0 radical (unpaired) electrons. The van der Waals surface area contributed by atoms with Crippen LogP contribution in [-0.2, 0) is 20.3 Å². The fourth-order valence-electron chi connectivity index (χ4n) is 2.36. The Morgan fingerprint density at radius 2 is 2.12 bits per heavy atom. The minimum Gasteiger partial charge on any atom is -0.390 e. The van der Waals surface area contributed by atoms with E-state index >= 15 is 0 Å². The zero-order valence-corrected chi connectivity index (χ0v) is 14.5. The summed E-state index contributed by atoms with van der Waals surface area (Å²) in [6.07, 6.45) is 4.57. The second kappa shape index (κ2) is 6.74. The molecule has 0 N–H and O–H groups in total. The Balaban J connectivity index is 1.67. The molecule has 12 heteroatoms. The average molecular weight is 359 g/mol. The monoisotopic (exact) mass is 359 g/mol. The number of aryl methyl sites for hydroxylation is 1. The lowest BCUT2D eigenvalue weighted by atomic mass is 10.2. The van der Waals surface area contributed by atoms with Crippen LogP contribution in [0, 0.1) is 17.0 Å². The molecule has 0 saturated heterocycles. The third-order valence-electron chi connectivity index (χ3n) is 3.93. The SMILES string of the molecule is Cc1c(CN(C)C(=O)c2ccn(Cn3cnc([N+](=O)[O-])n3)n2)cnn1C. The molecule has 26 heavy (non-hydrogen) atoms. The molecule has 0 aliphatic heterocycles. The molecular weight excluding hydrogens is 342 g/mol. The second-order valence-electron chi connectivity index (χ2n) is 5.76. The van der Waals surface area contributed by atoms with Gasteiger partial charge < -0.3 is 15.0 Å². The Morgan fingerprint density at radius 3 is 2.73 bits per heavy atom. The summed E-state index contributed by atoms with van der Waals surface area (Å²) in [5.41, 5.74) is 2.21. The summed E-state index contributed by atoms with van der Waals surface area (Å²) in [6, 6.07) is 1.58. The summed E-state index contributed by atoms with van der Waals surface area (Å²) in [6.45, 7) is 2.47. The van der Waals surface area contributed by atoms with Crippen molar-refractivity contribution in [1.82, 2.24) is 39.2 Å². The normalized spacial score (nSPS) is 10.9. The van der Waals surface area contributed by atoms with Crippen molar-refractivity contribution in [3.63, 3.8) is 0 Å². The van der Waals surface area contributed by atoms with Crippen LogP contribution >= 0.6 is 0 Å². The molecule has 0 aromatic carbocycles. The Hall–Kier alpha value is -3.57. The number of aromatic nitrogens is 7. The van der Waals surface area contributed by atoms with Gasteiger partial charge in [-0.3, -0.25) is 9.48 Å². The molecule has 0 aliphatic rings. The molecule has 1 amide bonds. The topological polar surface area (TPSA) is 130 Å². The van der Waals surface area contributed by atoms with Crippen LogP contribution in [0.3, 0.4) is 0 Å². The highest BCUT2D eigenvalue weighted by Crippen LogP contribution is 2.11. The molecule has 3 rings (SSSR count). The molecule has 0 fully saturated rings. The standard InChI is InChI=1S/C14H17N9O3/c1-10-11(6-16-20(10)3)7-19(2)13(24)12-4-5-21(17-12)9-22-8-15-14(18-22)23(25)26/h4-6,8H,7,9H2,1-3H3. The van der Waals surface area contributed by atoms with Gasteiger partial charge in [0.25, 0.3) is 5.91 Å². The number of rotatable bonds is 6. The summed E-state index contributed by atoms with van der Waals surface area (Å²) in [7, 11) is 3.53. The molecule has 12 nitrogen and oxygen atoms in total. The zero-order chi connectivity index (χ0) is 18.8. The van der Waals surface area contributed by atoms with E-state index in [1.54, 1.807) is 35.1 Å². The van der Waals surface area contributed by atoms with Gasteiger partial charge in [0, 0.05) is 43.2 Å². The number of nitrogens with zero attached hydrogens (tertiary/aromatic N) is 9. The van der Waals surface area contributed by atoms with Gasteiger partial charge in [-0.2, -0.15) is 14.9 Å².